The van der Waals surface area contributed by atoms with E-state index in [0.717, 1.165) is 0 Å². The van der Waals surface area contributed by atoms with E-state index in [2.05, 4.69) is 0 Å². The second kappa shape index (κ2) is 6.07. The van der Waals surface area contributed by atoms with Crippen LogP contribution in [0.4, 0.5) is 4.39 Å². The fraction of sp³-hybridized carbons (Fsp3) is 0.364. The van der Waals surface area contributed by atoms with Crippen LogP contribution in [0.5, 0.6) is 5.75 Å². The monoisotopic (exact) mass is 227 g/mol. The highest BCUT2D eigenvalue weighted by Gasteiger charge is 2.03. The molecule has 16 heavy (non-hydrogen) atoms. The first-order valence-electron chi connectivity index (χ1n) is 4.86. The zero-order valence-corrected chi connectivity index (χ0v) is 9.02. The van der Waals surface area contributed by atoms with E-state index in [1.54, 1.807) is 11.9 Å². The fourth-order valence-electron chi connectivity index (χ4n) is 1.16. The minimum absolute atomic E-state index is 0.0211. The Kier molecular flexibility index (Phi) is 4.72. The van der Waals surface area contributed by atoms with Gasteiger partial charge in [-0.3, -0.25) is 9.69 Å². The number of nitrogens with zero attached hydrogens (tertiary/aromatic N) is 1. The Morgan fingerprint density at radius 3 is 2.62 bits per heavy atom. The van der Waals surface area contributed by atoms with Crippen molar-refractivity contribution in [2.75, 3.05) is 26.7 Å². The highest BCUT2D eigenvalue weighted by Crippen LogP contribution is 2.10. The van der Waals surface area contributed by atoms with Gasteiger partial charge in [-0.2, -0.15) is 0 Å². The second-order valence-electron chi connectivity index (χ2n) is 3.43. The van der Waals surface area contributed by atoms with E-state index in [4.69, 9.17) is 9.84 Å². The van der Waals surface area contributed by atoms with Crippen molar-refractivity contribution >= 4 is 5.97 Å². The normalized spacial score (nSPS) is 10.4. The maximum Gasteiger partial charge on any atom is 0.317 e. The van der Waals surface area contributed by atoms with E-state index < -0.39 is 5.97 Å². The molecule has 1 aromatic carbocycles. The smallest absolute Gasteiger partial charge is 0.317 e. The van der Waals surface area contributed by atoms with E-state index >= 15 is 0 Å². The molecule has 0 bridgehead atoms. The summed E-state index contributed by atoms with van der Waals surface area (Å²) in [7, 11) is 1.70. The zero-order valence-electron chi connectivity index (χ0n) is 9.02. The molecule has 0 spiro atoms. The first-order valence-corrected chi connectivity index (χ1v) is 4.86. The van der Waals surface area contributed by atoms with E-state index in [0.29, 0.717) is 18.9 Å². The van der Waals surface area contributed by atoms with Crippen LogP contribution in [0.1, 0.15) is 0 Å². The lowest BCUT2D eigenvalue weighted by Crippen LogP contribution is -2.29. The molecular weight excluding hydrogens is 213 g/mol. The summed E-state index contributed by atoms with van der Waals surface area (Å²) < 4.78 is 17.9. The highest BCUT2D eigenvalue weighted by molar-refractivity contribution is 5.68. The first-order chi connectivity index (χ1) is 7.58. The summed E-state index contributed by atoms with van der Waals surface area (Å²) in [6.45, 7) is 0.853. The van der Waals surface area contributed by atoms with Crippen molar-refractivity contribution in [3.05, 3.63) is 30.1 Å². The molecule has 0 aliphatic heterocycles. The lowest BCUT2D eigenvalue weighted by molar-refractivity contribution is -0.138. The minimum Gasteiger partial charge on any atom is -0.492 e. The quantitative estimate of drug-likeness (QED) is 0.794. The molecule has 0 radical (unpaired) electrons. The van der Waals surface area contributed by atoms with Crippen LogP contribution in [-0.4, -0.2) is 42.7 Å². The molecule has 0 saturated carbocycles. The van der Waals surface area contributed by atoms with Crippen LogP contribution in [0.25, 0.3) is 0 Å². The van der Waals surface area contributed by atoms with Crippen molar-refractivity contribution in [3.63, 3.8) is 0 Å². The third-order valence-electron chi connectivity index (χ3n) is 1.96. The topological polar surface area (TPSA) is 49.8 Å². The molecule has 0 unspecified atom stereocenters. The van der Waals surface area contributed by atoms with Gasteiger partial charge in [0.1, 0.15) is 18.2 Å². The summed E-state index contributed by atoms with van der Waals surface area (Å²) in [6, 6.07) is 5.70. The molecule has 0 aliphatic rings. The number of rotatable bonds is 6. The van der Waals surface area contributed by atoms with Crippen molar-refractivity contribution in [2.24, 2.45) is 0 Å². The molecule has 4 nitrogen and oxygen atoms in total. The molecular formula is C11H14FNO3. The summed E-state index contributed by atoms with van der Waals surface area (Å²) in [5.74, 6) is -0.607. The molecule has 0 saturated heterocycles. The van der Waals surface area contributed by atoms with Crippen LogP contribution in [0.15, 0.2) is 24.3 Å². The molecule has 1 N–H and O–H groups in total. The predicted octanol–water partition coefficient (Wildman–Crippen LogP) is 1.22. The van der Waals surface area contributed by atoms with Gasteiger partial charge in [0, 0.05) is 6.54 Å². The molecule has 5 heteroatoms. The van der Waals surface area contributed by atoms with Gasteiger partial charge in [0.25, 0.3) is 0 Å². The number of hydrogen-bond acceptors (Lipinski definition) is 3. The molecule has 0 amide bonds. The van der Waals surface area contributed by atoms with Crippen LogP contribution in [0.2, 0.25) is 0 Å². The van der Waals surface area contributed by atoms with Crippen LogP contribution in [0.3, 0.4) is 0 Å². The first kappa shape index (κ1) is 12.4. The Bertz CT molecular complexity index is 340. The van der Waals surface area contributed by atoms with Gasteiger partial charge < -0.3 is 9.84 Å². The summed E-state index contributed by atoms with van der Waals surface area (Å²) in [6.07, 6.45) is 0. The van der Waals surface area contributed by atoms with Crippen LogP contribution < -0.4 is 4.74 Å². The van der Waals surface area contributed by atoms with Crippen molar-refractivity contribution < 1.29 is 19.0 Å². The van der Waals surface area contributed by atoms with Gasteiger partial charge in [0.15, 0.2) is 0 Å². The predicted molar refractivity (Wildman–Crippen MR) is 57.0 cm³/mol. The van der Waals surface area contributed by atoms with Gasteiger partial charge in [-0.1, -0.05) is 0 Å². The standard InChI is InChI=1S/C11H14FNO3/c1-13(8-11(14)15)6-7-16-10-4-2-9(12)3-5-10/h2-5H,6-8H2,1H3,(H,14,15). The molecule has 0 fully saturated rings. The van der Waals surface area contributed by atoms with E-state index in [1.807, 2.05) is 0 Å². The maximum absolute atomic E-state index is 12.6. The lowest BCUT2D eigenvalue weighted by atomic mass is 10.3. The third kappa shape index (κ3) is 4.75. The van der Waals surface area contributed by atoms with Gasteiger partial charge in [0.2, 0.25) is 0 Å². The Morgan fingerprint density at radius 1 is 1.44 bits per heavy atom. The Balaban J connectivity index is 2.25. The van der Waals surface area contributed by atoms with E-state index in [-0.39, 0.29) is 12.4 Å². The highest BCUT2D eigenvalue weighted by atomic mass is 19.1. The SMILES string of the molecule is CN(CCOc1ccc(F)cc1)CC(=O)O. The van der Waals surface area contributed by atoms with Crippen molar-refractivity contribution in [1.82, 2.24) is 4.90 Å². The summed E-state index contributed by atoms with van der Waals surface area (Å²) in [4.78, 5) is 12.0. The molecule has 1 aromatic rings. The molecule has 1 rings (SSSR count). The molecule has 0 aliphatic carbocycles. The fourth-order valence-corrected chi connectivity index (χ4v) is 1.16. The Labute approximate surface area is 93.3 Å². The lowest BCUT2D eigenvalue weighted by Gasteiger charge is -2.14. The second-order valence-corrected chi connectivity index (χ2v) is 3.43. The summed E-state index contributed by atoms with van der Waals surface area (Å²) in [5.41, 5.74) is 0. The number of likely N-dealkylation sites (N-methyl/N-ethyl adjacent to an activating group) is 1. The Hall–Kier alpha value is -1.62. The number of carbonyl (C=O) groups is 1. The van der Waals surface area contributed by atoms with Crippen molar-refractivity contribution in [1.29, 1.82) is 0 Å². The number of aliphatic carboxylic acids is 1. The van der Waals surface area contributed by atoms with E-state index in [9.17, 15) is 9.18 Å². The molecule has 88 valence electrons. The number of benzene rings is 1. The largest absolute Gasteiger partial charge is 0.492 e. The number of halogens is 1. The molecule has 0 atom stereocenters. The van der Waals surface area contributed by atoms with Gasteiger partial charge in [0.05, 0.1) is 6.54 Å². The van der Waals surface area contributed by atoms with Gasteiger partial charge in [-0.25, -0.2) is 4.39 Å². The molecule has 0 aromatic heterocycles. The van der Waals surface area contributed by atoms with Gasteiger partial charge in [-0.15, -0.1) is 0 Å². The third-order valence-corrected chi connectivity index (χ3v) is 1.96. The van der Waals surface area contributed by atoms with Gasteiger partial charge in [-0.05, 0) is 31.3 Å². The molecule has 0 heterocycles. The number of hydrogen-bond donors (Lipinski definition) is 1. The summed E-state index contributed by atoms with van der Waals surface area (Å²) in [5, 5.41) is 8.51. The van der Waals surface area contributed by atoms with Crippen LogP contribution in [-0.2, 0) is 4.79 Å². The van der Waals surface area contributed by atoms with Crippen LogP contribution in [0, 0.1) is 5.82 Å². The Morgan fingerprint density at radius 2 is 2.06 bits per heavy atom. The average Bonchev–Trinajstić information content (AvgIpc) is 2.20. The minimum atomic E-state index is -0.871. The van der Waals surface area contributed by atoms with Crippen molar-refractivity contribution in [3.8, 4) is 5.75 Å². The van der Waals surface area contributed by atoms with E-state index in [1.165, 1.54) is 24.3 Å². The average molecular weight is 227 g/mol. The maximum atomic E-state index is 12.6. The van der Waals surface area contributed by atoms with Crippen LogP contribution >= 0.6 is 0 Å². The number of carboxylic acids is 1. The number of ether oxygens (including phenoxy) is 1. The zero-order chi connectivity index (χ0) is 12.0. The van der Waals surface area contributed by atoms with Gasteiger partial charge >= 0.3 is 5.97 Å². The number of carboxylic acid groups (broad SMARTS) is 1. The van der Waals surface area contributed by atoms with Crippen molar-refractivity contribution in [2.45, 2.75) is 0 Å². The summed E-state index contributed by atoms with van der Waals surface area (Å²) >= 11 is 0.